The number of nitrogens with zero attached hydrogens (tertiary/aromatic N) is 1. The Hall–Kier alpha value is -2.07. The van der Waals surface area contributed by atoms with Gasteiger partial charge in [0.2, 0.25) is 0 Å². The van der Waals surface area contributed by atoms with E-state index in [-0.39, 0.29) is 5.69 Å². The molecule has 0 radical (unpaired) electrons. The van der Waals surface area contributed by atoms with Gasteiger partial charge in [-0.15, -0.1) is 0 Å². The molecule has 19 heavy (non-hydrogen) atoms. The van der Waals surface area contributed by atoms with Crippen LogP contribution in [-0.2, 0) is 0 Å². The van der Waals surface area contributed by atoms with Gasteiger partial charge in [-0.3, -0.25) is 10.1 Å². The van der Waals surface area contributed by atoms with Gasteiger partial charge in [-0.2, -0.15) is 0 Å². The maximum atomic E-state index is 11.0. The van der Waals surface area contributed by atoms with Crippen LogP contribution in [0, 0.1) is 17.0 Å². The van der Waals surface area contributed by atoms with Crippen molar-refractivity contribution in [2.45, 2.75) is 6.92 Å². The Morgan fingerprint density at radius 3 is 2.32 bits per heavy atom. The van der Waals surface area contributed by atoms with Gasteiger partial charge < -0.3 is 4.74 Å². The fraction of sp³-hybridized carbons (Fsp3) is 0.143. The molecule has 2 aromatic carbocycles. The third-order valence-corrected chi connectivity index (χ3v) is 3.28. The van der Waals surface area contributed by atoms with E-state index in [1.165, 1.54) is 6.07 Å². The fourth-order valence-electron chi connectivity index (χ4n) is 1.98. The van der Waals surface area contributed by atoms with Crippen LogP contribution in [0.2, 0.25) is 5.02 Å². The topological polar surface area (TPSA) is 52.4 Å². The van der Waals surface area contributed by atoms with Gasteiger partial charge in [0.1, 0.15) is 5.75 Å². The lowest BCUT2D eigenvalue weighted by molar-refractivity contribution is -0.385. The van der Waals surface area contributed by atoms with Crippen molar-refractivity contribution in [1.82, 2.24) is 0 Å². The molecule has 0 bridgehead atoms. The first-order valence-corrected chi connectivity index (χ1v) is 6.00. The molecule has 0 N–H and O–H groups in total. The highest BCUT2D eigenvalue weighted by Gasteiger charge is 2.17. The van der Waals surface area contributed by atoms with Gasteiger partial charge in [-0.1, -0.05) is 23.7 Å². The largest absolute Gasteiger partial charge is 0.497 e. The lowest BCUT2D eigenvalue weighted by Gasteiger charge is -2.09. The van der Waals surface area contributed by atoms with Crippen LogP contribution in [0.4, 0.5) is 5.69 Å². The van der Waals surface area contributed by atoms with Gasteiger partial charge >= 0.3 is 0 Å². The van der Waals surface area contributed by atoms with E-state index in [0.29, 0.717) is 16.1 Å². The molecule has 0 atom stereocenters. The number of nitro benzene ring substituents is 1. The van der Waals surface area contributed by atoms with Crippen LogP contribution < -0.4 is 4.74 Å². The molecule has 0 saturated carbocycles. The lowest BCUT2D eigenvalue weighted by Crippen LogP contribution is -1.94. The third-order valence-electron chi connectivity index (χ3n) is 2.96. The van der Waals surface area contributed by atoms with Crippen LogP contribution >= 0.6 is 11.6 Å². The number of ether oxygens (including phenoxy) is 1. The third kappa shape index (κ3) is 2.53. The molecule has 5 heteroatoms. The molecule has 0 spiro atoms. The molecular weight excluding hydrogens is 266 g/mol. The molecular formula is C14H12ClNO3. The Kier molecular flexibility index (Phi) is 3.71. The number of nitro groups is 1. The first kappa shape index (κ1) is 13.4. The molecule has 0 saturated heterocycles. The zero-order valence-electron chi connectivity index (χ0n) is 10.5. The number of methoxy groups -OCH3 is 1. The van der Waals surface area contributed by atoms with E-state index in [0.717, 1.165) is 11.3 Å². The van der Waals surface area contributed by atoms with E-state index < -0.39 is 4.92 Å². The molecule has 2 aromatic rings. The minimum atomic E-state index is -0.404. The van der Waals surface area contributed by atoms with Gasteiger partial charge in [0, 0.05) is 22.2 Å². The minimum Gasteiger partial charge on any atom is -0.497 e. The van der Waals surface area contributed by atoms with Crippen LogP contribution in [0.1, 0.15) is 5.56 Å². The quantitative estimate of drug-likeness (QED) is 0.623. The summed E-state index contributed by atoms with van der Waals surface area (Å²) in [5.41, 5.74) is 2.13. The number of halogens is 1. The second-order valence-electron chi connectivity index (χ2n) is 4.05. The Labute approximate surface area is 115 Å². The smallest absolute Gasteiger partial charge is 0.273 e. The summed E-state index contributed by atoms with van der Waals surface area (Å²) in [6, 6.07) is 10.2. The van der Waals surface area contributed by atoms with E-state index in [1.807, 2.05) is 12.1 Å². The Morgan fingerprint density at radius 2 is 1.79 bits per heavy atom. The molecule has 4 nitrogen and oxygen atoms in total. The van der Waals surface area contributed by atoms with Crippen molar-refractivity contribution in [3.8, 4) is 16.9 Å². The van der Waals surface area contributed by atoms with Crippen molar-refractivity contribution in [1.29, 1.82) is 0 Å². The second-order valence-corrected chi connectivity index (χ2v) is 4.46. The molecule has 0 aromatic heterocycles. The van der Waals surface area contributed by atoms with Crippen LogP contribution in [0.25, 0.3) is 11.1 Å². The van der Waals surface area contributed by atoms with Crippen molar-refractivity contribution < 1.29 is 9.66 Å². The minimum absolute atomic E-state index is 0.0650. The predicted molar refractivity (Wildman–Crippen MR) is 74.8 cm³/mol. The van der Waals surface area contributed by atoms with Crippen LogP contribution in [-0.4, -0.2) is 12.0 Å². The standard InChI is InChI=1S/C14H12ClNO3/c1-9-13(16(17)18)8-7-12(15)14(9)10-3-5-11(19-2)6-4-10/h3-8H,1-2H3. The molecule has 0 aliphatic heterocycles. The maximum absolute atomic E-state index is 11.0. The average molecular weight is 278 g/mol. The summed E-state index contributed by atoms with van der Waals surface area (Å²) in [6.07, 6.45) is 0. The van der Waals surface area contributed by atoms with Crippen LogP contribution in [0.5, 0.6) is 5.75 Å². The van der Waals surface area contributed by atoms with Gasteiger partial charge in [-0.25, -0.2) is 0 Å². The molecule has 0 amide bonds. The monoisotopic (exact) mass is 277 g/mol. The van der Waals surface area contributed by atoms with E-state index in [9.17, 15) is 10.1 Å². The van der Waals surface area contributed by atoms with E-state index in [4.69, 9.17) is 16.3 Å². The lowest BCUT2D eigenvalue weighted by atomic mass is 9.99. The molecule has 0 aliphatic rings. The van der Waals surface area contributed by atoms with Crippen molar-refractivity contribution in [3.05, 3.63) is 57.1 Å². The van der Waals surface area contributed by atoms with E-state index in [1.54, 1.807) is 32.2 Å². The summed E-state index contributed by atoms with van der Waals surface area (Å²) in [6.45, 7) is 1.70. The average Bonchev–Trinajstić information content (AvgIpc) is 2.39. The molecule has 0 heterocycles. The van der Waals surface area contributed by atoms with Gasteiger partial charge in [0.05, 0.1) is 12.0 Å². The molecule has 0 aliphatic carbocycles. The van der Waals surface area contributed by atoms with Crippen molar-refractivity contribution in [3.63, 3.8) is 0 Å². The van der Waals surface area contributed by atoms with Crippen molar-refractivity contribution >= 4 is 17.3 Å². The first-order chi connectivity index (χ1) is 9.04. The highest BCUT2D eigenvalue weighted by Crippen LogP contribution is 2.36. The van der Waals surface area contributed by atoms with E-state index in [2.05, 4.69) is 0 Å². The highest BCUT2D eigenvalue weighted by molar-refractivity contribution is 6.33. The normalized spacial score (nSPS) is 10.3. The van der Waals surface area contributed by atoms with Gasteiger partial charge in [-0.05, 0) is 30.7 Å². The zero-order chi connectivity index (χ0) is 14.0. The van der Waals surface area contributed by atoms with Gasteiger partial charge in [0.15, 0.2) is 0 Å². The summed E-state index contributed by atoms with van der Waals surface area (Å²) in [5, 5.41) is 11.5. The van der Waals surface area contributed by atoms with Crippen molar-refractivity contribution in [2.75, 3.05) is 7.11 Å². The second kappa shape index (κ2) is 5.28. The first-order valence-electron chi connectivity index (χ1n) is 5.62. The van der Waals surface area contributed by atoms with Gasteiger partial charge in [0.25, 0.3) is 5.69 Å². The zero-order valence-corrected chi connectivity index (χ0v) is 11.3. The van der Waals surface area contributed by atoms with Crippen molar-refractivity contribution in [2.24, 2.45) is 0 Å². The molecule has 0 fully saturated rings. The summed E-state index contributed by atoms with van der Waals surface area (Å²) in [5.74, 6) is 0.725. The highest BCUT2D eigenvalue weighted by atomic mass is 35.5. The summed E-state index contributed by atoms with van der Waals surface area (Å²) < 4.78 is 5.09. The molecule has 98 valence electrons. The molecule has 2 rings (SSSR count). The predicted octanol–water partition coefficient (Wildman–Crippen LogP) is 4.23. The summed E-state index contributed by atoms with van der Waals surface area (Å²) in [7, 11) is 1.58. The Morgan fingerprint density at radius 1 is 1.16 bits per heavy atom. The fourth-order valence-corrected chi connectivity index (χ4v) is 2.29. The summed E-state index contributed by atoms with van der Waals surface area (Å²) >= 11 is 6.16. The Bertz CT molecular complexity index is 623. The Balaban J connectivity index is 2.60. The SMILES string of the molecule is COc1ccc(-c2c(Cl)ccc([N+](=O)[O-])c2C)cc1. The number of benzene rings is 2. The number of rotatable bonds is 3. The van der Waals surface area contributed by atoms with E-state index >= 15 is 0 Å². The van der Waals surface area contributed by atoms with Crippen LogP contribution in [0.15, 0.2) is 36.4 Å². The number of hydrogen-bond acceptors (Lipinski definition) is 3. The molecule has 0 unspecified atom stereocenters. The van der Waals surface area contributed by atoms with Crippen LogP contribution in [0.3, 0.4) is 0 Å². The number of hydrogen-bond donors (Lipinski definition) is 0. The maximum Gasteiger partial charge on any atom is 0.273 e. The summed E-state index contributed by atoms with van der Waals surface area (Å²) in [4.78, 5) is 10.6.